The molecule has 1 heterocycles. The highest BCUT2D eigenvalue weighted by atomic mass is 31.0. The molecule has 0 spiro atoms. The molecule has 1 aliphatic heterocycles. The smallest absolute Gasteiger partial charge is 0.00220 e. The van der Waals surface area contributed by atoms with Crippen LogP contribution in [0.3, 0.4) is 0 Å². The molecule has 1 aromatic rings. The van der Waals surface area contributed by atoms with Crippen LogP contribution in [0.4, 0.5) is 0 Å². The number of nitrogens with zero attached hydrogens (tertiary/aromatic N) is 1. The first-order valence-corrected chi connectivity index (χ1v) is 5.84. The van der Waals surface area contributed by atoms with Gasteiger partial charge in [0.25, 0.3) is 0 Å². The van der Waals surface area contributed by atoms with Crippen LogP contribution in [0.15, 0.2) is 24.3 Å². The lowest BCUT2D eigenvalue weighted by molar-refractivity contribution is 0.344. The molecule has 0 N–H and O–H groups in total. The first kappa shape index (κ1) is 10.1. The van der Waals surface area contributed by atoms with Crippen molar-refractivity contribution in [3.63, 3.8) is 0 Å². The van der Waals surface area contributed by atoms with Crippen LogP contribution in [0.2, 0.25) is 0 Å². The Kier molecular flexibility index (Phi) is 3.20. The zero-order valence-electron chi connectivity index (χ0n) is 8.74. The molecule has 0 bridgehead atoms. The molecule has 1 aromatic carbocycles. The Labute approximate surface area is 88.8 Å². The number of hydrogen-bond acceptors (Lipinski definition) is 1. The maximum atomic E-state index is 2.80. The van der Waals surface area contributed by atoms with E-state index in [-0.39, 0.29) is 0 Å². The van der Waals surface area contributed by atoms with E-state index in [4.69, 9.17) is 0 Å². The van der Waals surface area contributed by atoms with E-state index in [2.05, 4.69) is 45.3 Å². The van der Waals surface area contributed by atoms with Crippen LogP contribution in [0.5, 0.6) is 0 Å². The Morgan fingerprint density at radius 3 is 2.50 bits per heavy atom. The van der Waals surface area contributed by atoms with Crippen molar-refractivity contribution < 1.29 is 0 Å². The highest BCUT2D eigenvalue weighted by molar-refractivity contribution is 7.13. The van der Waals surface area contributed by atoms with Gasteiger partial charge in [-0.05, 0) is 36.8 Å². The summed E-state index contributed by atoms with van der Waals surface area (Å²) in [5.41, 5.74) is 3.01. The molecule has 1 fully saturated rings. The van der Waals surface area contributed by atoms with Gasteiger partial charge in [-0.1, -0.05) is 33.7 Å². The fourth-order valence-corrected chi connectivity index (χ4v) is 2.55. The standard InChI is InChI=1S/C12H18NP/c1-10-4-2-3-5-12(10)11-6-8-13(14)9-7-11/h2-5,11H,6-9,14H2,1H3. The molecule has 1 saturated heterocycles. The predicted molar refractivity (Wildman–Crippen MR) is 64.4 cm³/mol. The van der Waals surface area contributed by atoms with Crippen molar-refractivity contribution in [1.29, 1.82) is 0 Å². The number of hydrogen-bond donors (Lipinski definition) is 0. The summed E-state index contributed by atoms with van der Waals surface area (Å²) in [5.74, 6) is 0.785. The van der Waals surface area contributed by atoms with E-state index in [1.165, 1.54) is 31.5 Å². The van der Waals surface area contributed by atoms with E-state index in [0.29, 0.717) is 0 Å². The zero-order valence-corrected chi connectivity index (χ0v) is 9.89. The van der Waals surface area contributed by atoms with Gasteiger partial charge in [0.05, 0.1) is 0 Å². The molecule has 14 heavy (non-hydrogen) atoms. The molecule has 0 amide bonds. The van der Waals surface area contributed by atoms with Crippen LogP contribution in [0.25, 0.3) is 0 Å². The average Bonchev–Trinajstić information content (AvgIpc) is 2.20. The molecular formula is C12H18NP. The largest absolute Gasteiger partial charge is 0.287 e. The van der Waals surface area contributed by atoms with Gasteiger partial charge in [0.15, 0.2) is 0 Å². The van der Waals surface area contributed by atoms with E-state index >= 15 is 0 Å². The van der Waals surface area contributed by atoms with Crippen molar-refractivity contribution in [2.75, 3.05) is 13.1 Å². The minimum absolute atomic E-state index is 0.785. The van der Waals surface area contributed by atoms with Crippen molar-refractivity contribution in [3.8, 4) is 0 Å². The third-order valence-electron chi connectivity index (χ3n) is 3.16. The summed E-state index contributed by atoms with van der Waals surface area (Å²) in [5, 5.41) is 0. The number of aryl methyl sites for hydroxylation is 1. The van der Waals surface area contributed by atoms with Crippen LogP contribution < -0.4 is 0 Å². The van der Waals surface area contributed by atoms with Gasteiger partial charge >= 0.3 is 0 Å². The van der Waals surface area contributed by atoms with Crippen LogP contribution in [-0.2, 0) is 0 Å². The summed E-state index contributed by atoms with van der Waals surface area (Å²) in [7, 11) is 2.80. The van der Waals surface area contributed by atoms with E-state index in [1.807, 2.05) is 0 Å². The minimum Gasteiger partial charge on any atom is -0.287 e. The molecule has 0 aliphatic carbocycles. The molecule has 0 radical (unpaired) electrons. The Hall–Kier alpha value is -0.390. The van der Waals surface area contributed by atoms with Gasteiger partial charge < -0.3 is 0 Å². The summed E-state index contributed by atoms with van der Waals surface area (Å²) < 4.78 is 2.34. The van der Waals surface area contributed by atoms with Gasteiger partial charge in [-0.3, -0.25) is 4.67 Å². The van der Waals surface area contributed by atoms with Crippen molar-refractivity contribution in [1.82, 2.24) is 4.67 Å². The Morgan fingerprint density at radius 1 is 1.21 bits per heavy atom. The summed E-state index contributed by atoms with van der Waals surface area (Å²) >= 11 is 0. The summed E-state index contributed by atoms with van der Waals surface area (Å²) in [6, 6.07) is 8.81. The average molecular weight is 207 g/mol. The fraction of sp³-hybridized carbons (Fsp3) is 0.500. The molecule has 0 aromatic heterocycles. The Balaban J connectivity index is 2.12. The number of rotatable bonds is 1. The lowest BCUT2D eigenvalue weighted by atomic mass is 9.87. The van der Waals surface area contributed by atoms with Gasteiger partial charge in [0, 0.05) is 13.1 Å². The minimum atomic E-state index is 0.785. The maximum Gasteiger partial charge on any atom is 0.00220 e. The van der Waals surface area contributed by atoms with E-state index in [9.17, 15) is 0 Å². The van der Waals surface area contributed by atoms with Gasteiger partial charge in [0.2, 0.25) is 0 Å². The molecule has 1 unspecified atom stereocenters. The fourth-order valence-electron chi connectivity index (χ4n) is 2.26. The monoisotopic (exact) mass is 207 g/mol. The van der Waals surface area contributed by atoms with Crippen molar-refractivity contribution in [2.45, 2.75) is 25.7 Å². The lowest BCUT2D eigenvalue weighted by Gasteiger charge is -2.29. The van der Waals surface area contributed by atoms with Crippen molar-refractivity contribution in [2.24, 2.45) is 0 Å². The van der Waals surface area contributed by atoms with E-state index in [1.54, 1.807) is 5.56 Å². The van der Waals surface area contributed by atoms with Gasteiger partial charge in [-0.2, -0.15) is 0 Å². The molecular weight excluding hydrogens is 189 g/mol. The van der Waals surface area contributed by atoms with Crippen LogP contribution in [-0.4, -0.2) is 17.8 Å². The van der Waals surface area contributed by atoms with Gasteiger partial charge in [-0.15, -0.1) is 0 Å². The summed E-state index contributed by atoms with van der Waals surface area (Å²) in [4.78, 5) is 0. The molecule has 1 atom stereocenters. The van der Waals surface area contributed by atoms with Crippen LogP contribution in [0, 0.1) is 6.92 Å². The highest BCUT2D eigenvalue weighted by Crippen LogP contribution is 2.30. The van der Waals surface area contributed by atoms with E-state index in [0.717, 1.165) is 5.92 Å². The summed E-state index contributed by atoms with van der Waals surface area (Å²) in [6.45, 7) is 4.65. The molecule has 0 saturated carbocycles. The number of benzene rings is 1. The first-order valence-electron chi connectivity index (χ1n) is 5.32. The van der Waals surface area contributed by atoms with Crippen molar-refractivity contribution in [3.05, 3.63) is 35.4 Å². The Bertz CT molecular complexity index is 303. The van der Waals surface area contributed by atoms with Gasteiger partial charge in [-0.25, -0.2) is 0 Å². The second-order valence-corrected chi connectivity index (χ2v) is 4.90. The van der Waals surface area contributed by atoms with Crippen LogP contribution in [0.1, 0.15) is 29.9 Å². The topological polar surface area (TPSA) is 3.24 Å². The van der Waals surface area contributed by atoms with Crippen LogP contribution >= 0.6 is 9.39 Å². The molecule has 2 heteroatoms. The third-order valence-corrected chi connectivity index (χ3v) is 3.67. The second-order valence-electron chi connectivity index (χ2n) is 4.17. The van der Waals surface area contributed by atoms with Gasteiger partial charge in [0.1, 0.15) is 0 Å². The van der Waals surface area contributed by atoms with Crippen molar-refractivity contribution >= 4 is 9.39 Å². The molecule has 76 valence electrons. The third kappa shape index (κ3) is 2.16. The molecule has 1 nitrogen and oxygen atoms in total. The molecule has 2 rings (SSSR count). The highest BCUT2D eigenvalue weighted by Gasteiger charge is 2.19. The lowest BCUT2D eigenvalue weighted by Crippen LogP contribution is -2.25. The number of piperidine rings is 1. The normalized spacial score (nSPS) is 19.9. The van der Waals surface area contributed by atoms with E-state index < -0.39 is 0 Å². The first-order chi connectivity index (χ1) is 6.77. The SMILES string of the molecule is Cc1ccccc1C1CCN(P)CC1. The zero-order chi connectivity index (χ0) is 9.97. The molecule has 1 aliphatic rings. The summed E-state index contributed by atoms with van der Waals surface area (Å²) in [6.07, 6.45) is 2.60. The quantitative estimate of drug-likeness (QED) is 0.640. The second kappa shape index (κ2) is 4.42. The maximum absolute atomic E-state index is 2.80. The predicted octanol–water partition coefficient (Wildman–Crippen LogP) is 2.96. The Morgan fingerprint density at radius 2 is 1.86 bits per heavy atom.